The van der Waals surface area contributed by atoms with Crippen LogP contribution >= 0.6 is 0 Å². The van der Waals surface area contributed by atoms with E-state index in [0.29, 0.717) is 11.3 Å². The van der Waals surface area contributed by atoms with Crippen LogP contribution < -0.4 is 5.73 Å². The van der Waals surface area contributed by atoms with Crippen LogP contribution in [-0.4, -0.2) is 71.6 Å². The molecule has 6 N–H and O–H groups in total. The number of methoxy groups -OCH3 is 2. The maximum absolute atomic E-state index is 10.8. The van der Waals surface area contributed by atoms with Gasteiger partial charge in [-0.15, -0.1) is 0 Å². The summed E-state index contributed by atoms with van der Waals surface area (Å²) in [6.45, 7) is 0.697. The molecule has 5 atom stereocenters. The molecule has 9 nitrogen and oxygen atoms in total. The molecule has 1 aromatic carbocycles. The Morgan fingerprint density at radius 2 is 1.72 bits per heavy atom. The number of carbonyl (C=O) groups is 1. The lowest BCUT2D eigenvalue weighted by Gasteiger charge is -2.47. The topological polar surface area (TPSA) is 152 Å². The van der Waals surface area contributed by atoms with Crippen molar-refractivity contribution < 1.29 is 39.4 Å². The Hall–Kier alpha value is -1.75. The van der Waals surface area contributed by atoms with Crippen molar-refractivity contribution >= 4 is 11.7 Å². The van der Waals surface area contributed by atoms with Crippen molar-refractivity contribution in [1.82, 2.24) is 0 Å². The lowest BCUT2D eigenvalue weighted by molar-refractivity contribution is -0.362. The Kier molecular flexibility index (Phi) is 7.74. The van der Waals surface area contributed by atoms with Gasteiger partial charge in [0.2, 0.25) is 5.79 Å². The van der Waals surface area contributed by atoms with E-state index in [1.807, 2.05) is 0 Å². The van der Waals surface area contributed by atoms with Crippen molar-refractivity contribution in [3.05, 3.63) is 29.8 Å². The Balaban J connectivity index is 0.000000705. The summed E-state index contributed by atoms with van der Waals surface area (Å²) in [5, 5.41) is 38.1. The Bertz CT molecular complexity index is 548. The van der Waals surface area contributed by atoms with Gasteiger partial charge in [0.15, 0.2) is 0 Å². The SMILES string of the molecule is CC(=O)O.CO[C@@H]1[C@H](OC)[C@@H](O)[C@@](O)(c2ccc(N)cc2)O[C@@H]1CO. The van der Waals surface area contributed by atoms with E-state index in [-0.39, 0.29) is 6.61 Å². The van der Waals surface area contributed by atoms with Crippen molar-refractivity contribution in [2.75, 3.05) is 26.6 Å². The summed E-state index contributed by atoms with van der Waals surface area (Å²) in [7, 11) is 2.81. The normalized spacial score (nSPS) is 31.8. The van der Waals surface area contributed by atoms with E-state index in [0.717, 1.165) is 6.92 Å². The molecule has 1 aliphatic heterocycles. The molecule has 25 heavy (non-hydrogen) atoms. The van der Waals surface area contributed by atoms with Gasteiger partial charge in [-0.2, -0.15) is 0 Å². The number of anilines is 1. The van der Waals surface area contributed by atoms with Crippen LogP contribution in [0, 0.1) is 0 Å². The van der Waals surface area contributed by atoms with Crippen LogP contribution in [0.3, 0.4) is 0 Å². The van der Waals surface area contributed by atoms with Crippen LogP contribution in [0.15, 0.2) is 24.3 Å². The number of benzene rings is 1. The number of aliphatic carboxylic acids is 1. The van der Waals surface area contributed by atoms with E-state index >= 15 is 0 Å². The largest absolute Gasteiger partial charge is 0.481 e. The second kappa shape index (κ2) is 9.09. The zero-order chi connectivity index (χ0) is 19.2. The second-order valence-corrected chi connectivity index (χ2v) is 5.52. The molecule has 142 valence electrons. The predicted octanol–water partition coefficient (Wildman–Crippen LogP) is -0.713. The summed E-state index contributed by atoms with van der Waals surface area (Å²) in [6, 6.07) is 6.27. The molecule has 2 rings (SSSR count). The Labute approximate surface area is 145 Å². The van der Waals surface area contributed by atoms with Gasteiger partial charge in [0.05, 0.1) is 6.61 Å². The molecule has 1 saturated heterocycles. The average molecular weight is 359 g/mol. The minimum atomic E-state index is -2.02. The summed E-state index contributed by atoms with van der Waals surface area (Å²) >= 11 is 0. The number of aliphatic hydroxyl groups is 3. The van der Waals surface area contributed by atoms with Gasteiger partial charge in [-0.25, -0.2) is 0 Å². The quantitative estimate of drug-likeness (QED) is 0.439. The first-order valence-corrected chi connectivity index (χ1v) is 7.51. The number of hydrogen-bond donors (Lipinski definition) is 5. The zero-order valence-electron chi connectivity index (χ0n) is 14.3. The van der Waals surface area contributed by atoms with E-state index in [1.165, 1.54) is 14.2 Å². The summed E-state index contributed by atoms with van der Waals surface area (Å²) in [4.78, 5) is 9.00. The minimum Gasteiger partial charge on any atom is -0.481 e. The average Bonchev–Trinajstić information content (AvgIpc) is 2.56. The molecule has 0 saturated carbocycles. The number of rotatable bonds is 4. The predicted molar refractivity (Wildman–Crippen MR) is 87.6 cm³/mol. The smallest absolute Gasteiger partial charge is 0.300 e. The standard InChI is InChI=1S/C14H21NO6.C2H4O2/c1-19-11-10(7-16)21-14(18,13(17)12(11)20-2)8-3-5-9(15)6-4-8;1-2(3)4/h3-6,10-13,16-18H,7,15H2,1-2H3;1H3,(H,3,4)/t10-,11+,12+,13-,14-;/m1./s1. The van der Waals surface area contributed by atoms with E-state index in [1.54, 1.807) is 24.3 Å². The number of nitrogen functional groups attached to an aromatic ring is 1. The van der Waals surface area contributed by atoms with Crippen molar-refractivity contribution in [2.45, 2.75) is 37.1 Å². The highest BCUT2D eigenvalue weighted by Gasteiger charge is 2.55. The highest BCUT2D eigenvalue weighted by molar-refractivity contribution is 5.62. The van der Waals surface area contributed by atoms with Gasteiger partial charge in [0.25, 0.3) is 5.97 Å². The first-order chi connectivity index (χ1) is 11.7. The highest BCUT2D eigenvalue weighted by Crippen LogP contribution is 2.38. The van der Waals surface area contributed by atoms with Gasteiger partial charge in [0.1, 0.15) is 24.4 Å². The number of carboxylic acids is 1. The first kappa shape index (κ1) is 21.3. The van der Waals surface area contributed by atoms with Crippen LogP contribution in [-0.2, 0) is 24.8 Å². The number of ether oxygens (including phenoxy) is 3. The molecule has 0 amide bonds. The maximum atomic E-state index is 10.8. The molecule has 1 fully saturated rings. The Morgan fingerprint density at radius 3 is 2.12 bits per heavy atom. The van der Waals surface area contributed by atoms with E-state index in [2.05, 4.69) is 0 Å². The van der Waals surface area contributed by atoms with Gasteiger partial charge in [-0.05, 0) is 12.1 Å². The number of aliphatic hydroxyl groups excluding tert-OH is 2. The van der Waals surface area contributed by atoms with Crippen molar-refractivity contribution in [1.29, 1.82) is 0 Å². The van der Waals surface area contributed by atoms with Crippen LogP contribution in [0.1, 0.15) is 12.5 Å². The number of hydrogen-bond acceptors (Lipinski definition) is 8. The zero-order valence-corrected chi connectivity index (χ0v) is 14.3. The summed E-state index contributed by atoms with van der Waals surface area (Å²) in [6.07, 6.45) is -3.79. The van der Waals surface area contributed by atoms with E-state index in [4.69, 9.17) is 29.8 Å². The first-order valence-electron chi connectivity index (χ1n) is 7.51. The van der Waals surface area contributed by atoms with E-state index < -0.39 is 36.2 Å². The fourth-order valence-electron chi connectivity index (χ4n) is 2.63. The molecule has 0 radical (unpaired) electrons. The van der Waals surface area contributed by atoms with Crippen molar-refractivity contribution in [3.8, 4) is 0 Å². The van der Waals surface area contributed by atoms with Crippen molar-refractivity contribution in [3.63, 3.8) is 0 Å². The third-order valence-electron chi connectivity index (χ3n) is 3.78. The molecular weight excluding hydrogens is 334 g/mol. The molecule has 0 aliphatic carbocycles. The molecule has 1 heterocycles. The van der Waals surface area contributed by atoms with Gasteiger partial charge >= 0.3 is 0 Å². The maximum Gasteiger partial charge on any atom is 0.300 e. The van der Waals surface area contributed by atoms with Gasteiger partial charge in [-0.1, -0.05) is 12.1 Å². The molecule has 0 aromatic heterocycles. The molecule has 9 heteroatoms. The summed E-state index contributed by atoms with van der Waals surface area (Å²) < 4.78 is 16.0. The number of carboxylic acid groups (broad SMARTS) is 1. The molecule has 0 bridgehead atoms. The van der Waals surface area contributed by atoms with Crippen LogP contribution in [0.25, 0.3) is 0 Å². The monoisotopic (exact) mass is 359 g/mol. The van der Waals surface area contributed by atoms with Crippen LogP contribution in [0.5, 0.6) is 0 Å². The molecule has 1 aliphatic rings. The third kappa shape index (κ3) is 4.88. The fourth-order valence-corrected chi connectivity index (χ4v) is 2.63. The van der Waals surface area contributed by atoms with E-state index in [9.17, 15) is 15.3 Å². The molecule has 0 spiro atoms. The fraction of sp³-hybridized carbons (Fsp3) is 0.562. The highest BCUT2D eigenvalue weighted by atomic mass is 16.7. The lowest BCUT2D eigenvalue weighted by atomic mass is 9.88. The summed E-state index contributed by atoms with van der Waals surface area (Å²) in [5.74, 6) is -2.85. The number of nitrogens with two attached hydrogens (primary N) is 1. The Morgan fingerprint density at radius 1 is 1.24 bits per heavy atom. The van der Waals surface area contributed by atoms with Crippen molar-refractivity contribution in [2.24, 2.45) is 0 Å². The third-order valence-corrected chi connectivity index (χ3v) is 3.78. The van der Waals surface area contributed by atoms with Gasteiger partial charge < -0.3 is 40.4 Å². The molecular formula is C16H25NO8. The minimum absolute atomic E-state index is 0.319. The molecule has 0 unspecified atom stereocenters. The molecule has 1 aromatic rings. The summed E-state index contributed by atoms with van der Waals surface area (Å²) in [5.41, 5.74) is 6.45. The van der Waals surface area contributed by atoms with Gasteiger partial charge in [-0.3, -0.25) is 4.79 Å². The second-order valence-electron chi connectivity index (χ2n) is 5.52. The lowest BCUT2D eigenvalue weighted by Crippen LogP contribution is -2.64. The van der Waals surface area contributed by atoms with Crippen LogP contribution in [0.4, 0.5) is 5.69 Å². The van der Waals surface area contributed by atoms with Gasteiger partial charge in [0, 0.05) is 32.4 Å². The van der Waals surface area contributed by atoms with Crippen LogP contribution in [0.2, 0.25) is 0 Å².